The zero-order chi connectivity index (χ0) is 13.5. The van der Waals surface area contributed by atoms with Crippen molar-refractivity contribution in [1.82, 2.24) is 5.32 Å². The summed E-state index contributed by atoms with van der Waals surface area (Å²) in [5.41, 5.74) is 9.35. The molecule has 19 heavy (non-hydrogen) atoms. The quantitative estimate of drug-likeness (QED) is 0.767. The molecule has 2 aromatic rings. The van der Waals surface area contributed by atoms with Gasteiger partial charge in [0.25, 0.3) is 0 Å². The van der Waals surface area contributed by atoms with Crippen LogP contribution >= 0.6 is 0 Å². The normalized spacial score (nSPS) is 12.3. The third-order valence-corrected chi connectivity index (χ3v) is 3.37. The monoisotopic (exact) mass is 254 g/mol. The average Bonchev–Trinajstić information content (AvgIpc) is 2.46. The highest BCUT2D eigenvalue weighted by atomic mass is 14.9. The van der Waals surface area contributed by atoms with Crippen molar-refractivity contribution >= 4 is 5.69 Å². The highest BCUT2D eigenvalue weighted by Crippen LogP contribution is 2.19. The molecule has 3 N–H and O–H groups in total. The Bertz CT molecular complexity index is 494. The lowest BCUT2D eigenvalue weighted by atomic mass is 10.0. The Morgan fingerprint density at radius 1 is 1.00 bits per heavy atom. The van der Waals surface area contributed by atoms with E-state index in [1.54, 1.807) is 0 Å². The lowest BCUT2D eigenvalue weighted by Gasteiger charge is -2.19. The molecule has 0 aliphatic rings. The summed E-state index contributed by atoms with van der Waals surface area (Å²) < 4.78 is 0. The topological polar surface area (TPSA) is 38.0 Å². The van der Waals surface area contributed by atoms with Crippen LogP contribution in [0, 0.1) is 0 Å². The van der Waals surface area contributed by atoms with E-state index in [2.05, 4.69) is 48.6 Å². The molecule has 0 heterocycles. The standard InChI is InChI=1S/C17H22N2/c1-2-8-17(14-9-4-3-5-10-14)19-13-15-11-6-7-12-16(15)18/h3-7,9-12,17,19H,2,8,13,18H2,1H3. The van der Waals surface area contributed by atoms with Crippen molar-refractivity contribution in [2.24, 2.45) is 0 Å². The summed E-state index contributed by atoms with van der Waals surface area (Å²) in [6.07, 6.45) is 2.30. The van der Waals surface area contributed by atoms with E-state index in [1.165, 1.54) is 11.1 Å². The van der Waals surface area contributed by atoms with Gasteiger partial charge in [-0.25, -0.2) is 0 Å². The van der Waals surface area contributed by atoms with Gasteiger partial charge in [0.15, 0.2) is 0 Å². The maximum Gasteiger partial charge on any atom is 0.0359 e. The molecule has 0 aromatic heterocycles. The smallest absolute Gasteiger partial charge is 0.0359 e. The van der Waals surface area contributed by atoms with Gasteiger partial charge in [-0.2, -0.15) is 0 Å². The second-order valence-electron chi connectivity index (χ2n) is 4.83. The number of nitrogens with one attached hydrogen (secondary N) is 1. The molecule has 100 valence electrons. The number of nitrogens with two attached hydrogens (primary N) is 1. The second-order valence-corrected chi connectivity index (χ2v) is 4.83. The van der Waals surface area contributed by atoms with Crippen LogP contribution in [0.2, 0.25) is 0 Å². The van der Waals surface area contributed by atoms with Crippen LogP contribution in [0.15, 0.2) is 54.6 Å². The molecule has 0 radical (unpaired) electrons. The number of nitrogen functional groups attached to an aromatic ring is 1. The average molecular weight is 254 g/mol. The minimum absolute atomic E-state index is 0.394. The lowest BCUT2D eigenvalue weighted by Crippen LogP contribution is -2.21. The Morgan fingerprint density at radius 2 is 1.68 bits per heavy atom. The summed E-state index contributed by atoms with van der Waals surface area (Å²) in [5, 5.41) is 3.61. The number of para-hydroxylation sites is 1. The van der Waals surface area contributed by atoms with Gasteiger partial charge >= 0.3 is 0 Å². The fourth-order valence-corrected chi connectivity index (χ4v) is 2.29. The van der Waals surface area contributed by atoms with E-state index < -0.39 is 0 Å². The predicted molar refractivity (Wildman–Crippen MR) is 81.8 cm³/mol. The molecule has 0 aliphatic carbocycles. The third kappa shape index (κ3) is 3.83. The van der Waals surface area contributed by atoms with E-state index in [9.17, 15) is 0 Å². The van der Waals surface area contributed by atoms with Crippen LogP contribution in [0.1, 0.15) is 36.9 Å². The van der Waals surface area contributed by atoms with Crippen molar-refractivity contribution in [3.05, 3.63) is 65.7 Å². The van der Waals surface area contributed by atoms with Crippen LogP contribution in [0.25, 0.3) is 0 Å². The molecule has 0 aliphatic heterocycles. The highest BCUT2D eigenvalue weighted by molar-refractivity contribution is 5.46. The minimum atomic E-state index is 0.394. The molecule has 2 aromatic carbocycles. The van der Waals surface area contributed by atoms with Crippen LogP contribution in [-0.2, 0) is 6.54 Å². The number of rotatable bonds is 6. The molecule has 1 unspecified atom stereocenters. The van der Waals surface area contributed by atoms with E-state index in [-0.39, 0.29) is 0 Å². The fraction of sp³-hybridized carbons (Fsp3) is 0.294. The van der Waals surface area contributed by atoms with Crippen molar-refractivity contribution in [2.75, 3.05) is 5.73 Å². The third-order valence-electron chi connectivity index (χ3n) is 3.37. The van der Waals surface area contributed by atoms with E-state index >= 15 is 0 Å². The fourth-order valence-electron chi connectivity index (χ4n) is 2.29. The van der Waals surface area contributed by atoms with Gasteiger partial charge in [-0.3, -0.25) is 0 Å². The van der Waals surface area contributed by atoms with Gasteiger partial charge in [-0.05, 0) is 23.6 Å². The van der Waals surface area contributed by atoms with Crippen molar-refractivity contribution < 1.29 is 0 Å². The molecule has 0 saturated heterocycles. The number of hydrogen-bond acceptors (Lipinski definition) is 2. The summed E-state index contributed by atoms with van der Waals surface area (Å²) >= 11 is 0. The van der Waals surface area contributed by atoms with Crippen LogP contribution in [0.4, 0.5) is 5.69 Å². The van der Waals surface area contributed by atoms with E-state index in [0.717, 1.165) is 25.1 Å². The Labute approximate surface area is 115 Å². The molecule has 0 saturated carbocycles. The molecule has 1 atom stereocenters. The minimum Gasteiger partial charge on any atom is -0.398 e. The maximum atomic E-state index is 5.98. The van der Waals surface area contributed by atoms with Gasteiger partial charge in [0.2, 0.25) is 0 Å². The Balaban J connectivity index is 2.04. The van der Waals surface area contributed by atoms with Crippen LogP contribution < -0.4 is 11.1 Å². The van der Waals surface area contributed by atoms with Crippen molar-refractivity contribution in [3.8, 4) is 0 Å². The molecular weight excluding hydrogens is 232 g/mol. The van der Waals surface area contributed by atoms with Gasteiger partial charge in [0.05, 0.1) is 0 Å². The van der Waals surface area contributed by atoms with Crippen molar-refractivity contribution in [3.63, 3.8) is 0 Å². The van der Waals surface area contributed by atoms with Gasteiger partial charge in [-0.15, -0.1) is 0 Å². The van der Waals surface area contributed by atoms with Gasteiger partial charge in [0, 0.05) is 18.3 Å². The first-order chi connectivity index (χ1) is 9.31. The van der Waals surface area contributed by atoms with E-state index in [4.69, 9.17) is 5.73 Å². The number of anilines is 1. The Hall–Kier alpha value is -1.80. The number of benzene rings is 2. The Kier molecular flexibility index (Phi) is 4.99. The SMILES string of the molecule is CCCC(NCc1ccccc1N)c1ccccc1. The first-order valence-corrected chi connectivity index (χ1v) is 6.93. The van der Waals surface area contributed by atoms with E-state index in [0.29, 0.717) is 6.04 Å². The first-order valence-electron chi connectivity index (χ1n) is 6.93. The highest BCUT2D eigenvalue weighted by Gasteiger charge is 2.09. The zero-order valence-corrected chi connectivity index (χ0v) is 11.5. The van der Waals surface area contributed by atoms with Crippen LogP contribution in [0.5, 0.6) is 0 Å². The summed E-state index contributed by atoms with van der Waals surface area (Å²) in [4.78, 5) is 0. The van der Waals surface area contributed by atoms with Gasteiger partial charge < -0.3 is 11.1 Å². The maximum absolute atomic E-state index is 5.98. The van der Waals surface area contributed by atoms with Crippen molar-refractivity contribution in [2.45, 2.75) is 32.4 Å². The molecule has 2 rings (SSSR count). The van der Waals surface area contributed by atoms with E-state index in [1.807, 2.05) is 18.2 Å². The summed E-state index contributed by atoms with van der Waals surface area (Å²) in [6.45, 7) is 3.03. The molecule has 0 amide bonds. The summed E-state index contributed by atoms with van der Waals surface area (Å²) in [6, 6.07) is 19.0. The zero-order valence-electron chi connectivity index (χ0n) is 11.5. The van der Waals surface area contributed by atoms with Gasteiger partial charge in [-0.1, -0.05) is 61.9 Å². The predicted octanol–water partition coefficient (Wildman–Crippen LogP) is 3.90. The lowest BCUT2D eigenvalue weighted by molar-refractivity contribution is 0.494. The second kappa shape index (κ2) is 6.95. The van der Waals surface area contributed by atoms with Crippen LogP contribution in [0.3, 0.4) is 0 Å². The summed E-state index contributed by atoms with van der Waals surface area (Å²) in [5.74, 6) is 0. The molecular formula is C17H22N2. The van der Waals surface area contributed by atoms with Crippen LogP contribution in [-0.4, -0.2) is 0 Å². The molecule has 0 bridgehead atoms. The van der Waals surface area contributed by atoms with Gasteiger partial charge in [0.1, 0.15) is 0 Å². The number of hydrogen-bond donors (Lipinski definition) is 2. The van der Waals surface area contributed by atoms with Crippen molar-refractivity contribution in [1.29, 1.82) is 0 Å². The first kappa shape index (κ1) is 13.6. The summed E-state index contributed by atoms with van der Waals surface area (Å²) in [7, 11) is 0. The molecule has 0 spiro atoms. The molecule has 0 fully saturated rings. The molecule has 2 nitrogen and oxygen atoms in total. The molecule has 2 heteroatoms. The Morgan fingerprint density at radius 3 is 2.37 bits per heavy atom. The largest absolute Gasteiger partial charge is 0.398 e.